The van der Waals surface area contributed by atoms with Crippen molar-refractivity contribution in [2.45, 2.75) is 77.8 Å². The molecule has 0 aromatic heterocycles. The van der Waals surface area contributed by atoms with Crippen molar-refractivity contribution in [1.29, 1.82) is 0 Å². The molecule has 3 nitrogen and oxygen atoms in total. The summed E-state index contributed by atoms with van der Waals surface area (Å²) in [5.74, 6) is 1.31. The van der Waals surface area contributed by atoms with E-state index in [0.29, 0.717) is 12.1 Å². The molecule has 0 bridgehead atoms. The highest BCUT2D eigenvalue weighted by atomic mass is 31.1. The van der Waals surface area contributed by atoms with Crippen molar-refractivity contribution in [3.8, 4) is 0 Å². The second-order valence-corrected chi connectivity index (χ2v) is 9.86. The molecule has 2 heterocycles. The maximum Gasteiger partial charge on any atom is 0.200 e. The first-order valence-electron chi connectivity index (χ1n) is 7.82. The third-order valence-corrected chi connectivity index (χ3v) is 7.37. The Balaban J connectivity index is 2.32. The molecule has 110 valence electrons. The minimum absolute atomic E-state index is 0.138. The van der Waals surface area contributed by atoms with Crippen LogP contribution in [-0.4, -0.2) is 52.0 Å². The summed E-state index contributed by atoms with van der Waals surface area (Å²) in [6.45, 7) is 16.6. The third-order valence-electron chi connectivity index (χ3n) is 4.18. The minimum atomic E-state index is -0.138. The topological polar surface area (TPSA) is 18.8 Å². The van der Waals surface area contributed by atoms with E-state index in [2.05, 4.69) is 51.1 Å². The maximum atomic E-state index is 5.01. The fraction of sp³-hybridized carbons (Fsp3) is 0.933. The predicted molar refractivity (Wildman–Crippen MR) is 86.2 cm³/mol. The fourth-order valence-corrected chi connectivity index (χ4v) is 6.43. The van der Waals surface area contributed by atoms with Crippen LogP contribution in [0.4, 0.5) is 0 Å². The first-order chi connectivity index (χ1) is 8.91. The smallest absolute Gasteiger partial charge is 0.200 e. The average molecular weight is 283 g/mol. The van der Waals surface area contributed by atoms with Gasteiger partial charge in [0.15, 0.2) is 5.96 Å². The molecular weight excluding hydrogens is 253 g/mol. The molecule has 2 atom stereocenters. The molecule has 0 unspecified atom stereocenters. The molecule has 2 aliphatic rings. The van der Waals surface area contributed by atoms with Gasteiger partial charge >= 0.3 is 0 Å². The second kappa shape index (κ2) is 5.99. The van der Waals surface area contributed by atoms with Gasteiger partial charge in [0, 0.05) is 19.1 Å². The molecule has 0 aromatic rings. The summed E-state index contributed by atoms with van der Waals surface area (Å²) in [6, 6.07) is 1.14. The van der Waals surface area contributed by atoms with Crippen molar-refractivity contribution in [1.82, 2.24) is 9.57 Å². The standard InChI is InChI=1S/C15H30N3P/c1-11(2)19(12(3)4)18-14(6)8-10-17-9-7-13(5)16-15(17)18/h11-14H,7-10H2,1-6H3/t13-,14-/m0/s1. The number of nitrogens with zero attached hydrogens (tertiary/aromatic N) is 3. The molecule has 2 aliphatic heterocycles. The molecule has 0 amide bonds. The van der Waals surface area contributed by atoms with Gasteiger partial charge in [-0.15, -0.1) is 0 Å². The Hall–Kier alpha value is -0.300. The van der Waals surface area contributed by atoms with Gasteiger partial charge in [-0.2, -0.15) is 0 Å². The maximum absolute atomic E-state index is 5.01. The van der Waals surface area contributed by atoms with E-state index in [-0.39, 0.29) is 8.07 Å². The Morgan fingerprint density at radius 1 is 1.05 bits per heavy atom. The normalized spacial score (nSPS) is 28.2. The zero-order valence-electron chi connectivity index (χ0n) is 13.4. The van der Waals surface area contributed by atoms with Crippen molar-refractivity contribution >= 4 is 14.0 Å². The van der Waals surface area contributed by atoms with Crippen molar-refractivity contribution in [2.24, 2.45) is 4.99 Å². The van der Waals surface area contributed by atoms with Crippen LogP contribution in [0.1, 0.15) is 54.4 Å². The first kappa shape index (κ1) is 15.1. The zero-order valence-corrected chi connectivity index (χ0v) is 14.3. The van der Waals surface area contributed by atoms with E-state index in [1.807, 2.05) is 0 Å². The molecule has 0 saturated carbocycles. The minimum Gasteiger partial charge on any atom is -0.342 e. The summed E-state index contributed by atoms with van der Waals surface area (Å²) >= 11 is 0. The number of guanidine groups is 1. The lowest BCUT2D eigenvalue weighted by Gasteiger charge is -2.51. The number of hydrogen-bond donors (Lipinski definition) is 0. The molecule has 2 rings (SSSR count). The summed E-state index contributed by atoms with van der Waals surface area (Å²) in [7, 11) is -0.138. The molecule has 0 spiro atoms. The summed E-state index contributed by atoms with van der Waals surface area (Å²) < 4.78 is 2.70. The van der Waals surface area contributed by atoms with Crippen LogP contribution in [0.5, 0.6) is 0 Å². The molecular formula is C15H30N3P. The van der Waals surface area contributed by atoms with E-state index >= 15 is 0 Å². The van der Waals surface area contributed by atoms with Gasteiger partial charge < -0.3 is 9.57 Å². The third kappa shape index (κ3) is 3.07. The van der Waals surface area contributed by atoms with E-state index in [9.17, 15) is 0 Å². The lowest BCUT2D eigenvalue weighted by Crippen LogP contribution is -2.55. The van der Waals surface area contributed by atoms with Crippen LogP contribution in [0, 0.1) is 0 Å². The molecule has 0 N–H and O–H groups in total. The van der Waals surface area contributed by atoms with Crippen LogP contribution < -0.4 is 0 Å². The van der Waals surface area contributed by atoms with E-state index in [1.165, 1.54) is 31.9 Å². The van der Waals surface area contributed by atoms with Crippen LogP contribution in [0.15, 0.2) is 4.99 Å². The Morgan fingerprint density at radius 3 is 2.21 bits per heavy atom. The average Bonchev–Trinajstić information content (AvgIpc) is 2.31. The number of hydrogen-bond acceptors (Lipinski definition) is 3. The van der Waals surface area contributed by atoms with Gasteiger partial charge in [-0.05, 0) is 46.1 Å². The lowest BCUT2D eigenvalue weighted by atomic mass is 10.1. The fourth-order valence-electron chi connectivity index (χ4n) is 3.29. The predicted octanol–water partition coefficient (Wildman–Crippen LogP) is 3.74. The van der Waals surface area contributed by atoms with Crippen molar-refractivity contribution < 1.29 is 0 Å². The highest BCUT2D eigenvalue weighted by Gasteiger charge is 2.38. The van der Waals surface area contributed by atoms with Gasteiger partial charge in [0.25, 0.3) is 0 Å². The van der Waals surface area contributed by atoms with Crippen molar-refractivity contribution in [3.05, 3.63) is 0 Å². The van der Waals surface area contributed by atoms with Crippen LogP contribution in [0.2, 0.25) is 0 Å². The summed E-state index contributed by atoms with van der Waals surface area (Å²) in [4.78, 5) is 7.53. The van der Waals surface area contributed by atoms with Gasteiger partial charge in [-0.25, -0.2) is 4.99 Å². The summed E-state index contributed by atoms with van der Waals surface area (Å²) in [5, 5.41) is 0. The first-order valence-corrected chi connectivity index (χ1v) is 9.25. The van der Waals surface area contributed by atoms with Crippen LogP contribution >= 0.6 is 8.07 Å². The monoisotopic (exact) mass is 283 g/mol. The molecule has 1 saturated heterocycles. The van der Waals surface area contributed by atoms with Crippen LogP contribution in [0.25, 0.3) is 0 Å². The number of aliphatic imine (C=N–C) groups is 1. The van der Waals surface area contributed by atoms with Crippen LogP contribution in [0.3, 0.4) is 0 Å². The molecule has 4 heteroatoms. The SMILES string of the molecule is CC(C)P(C(C)C)N1C2=N[C@@H](C)CCN2CC[C@@H]1C. The molecule has 0 aromatic carbocycles. The van der Waals surface area contributed by atoms with Gasteiger partial charge in [0.2, 0.25) is 0 Å². The lowest BCUT2D eigenvalue weighted by molar-refractivity contribution is 0.250. The number of fused-ring (bicyclic) bond motifs is 1. The van der Waals surface area contributed by atoms with E-state index < -0.39 is 0 Å². The number of rotatable bonds is 3. The van der Waals surface area contributed by atoms with Crippen LogP contribution in [-0.2, 0) is 0 Å². The Labute approximate surface area is 120 Å². The highest BCUT2D eigenvalue weighted by Crippen LogP contribution is 2.52. The zero-order chi connectivity index (χ0) is 14.2. The molecule has 1 fully saturated rings. The highest BCUT2D eigenvalue weighted by molar-refractivity contribution is 7.57. The summed E-state index contributed by atoms with van der Waals surface area (Å²) in [6.07, 6.45) is 2.50. The van der Waals surface area contributed by atoms with Gasteiger partial charge in [-0.3, -0.25) is 0 Å². The van der Waals surface area contributed by atoms with Crippen molar-refractivity contribution in [2.75, 3.05) is 13.1 Å². The van der Waals surface area contributed by atoms with E-state index in [1.54, 1.807) is 0 Å². The Bertz CT molecular complexity index is 332. The van der Waals surface area contributed by atoms with Gasteiger partial charge in [0.05, 0.1) is 6.04 Å². The van der Waals surface area contributed by atoms with Gasteiger partial charge in [0.1, 0.15) is 0 Å². The van der Waals surface area contributed by atoms with E-state index in [4.69, 9.17) is 4.99 Å². The molecule has 0 radical (unpaired) electrons. The van der Waals surface area contributed by atoms with E-state index in [0.717, 1.165) is 11.3 Å². The largest absolute Gasteiger partial charge is 0.342 e. The second-order valence-electron chi connectivity index (χ2n) is 6.60. The Kier molecular flexibility index (Phi) is 4.76. The molecule has 19 heavy (non-hydrogen) atoms. The molecule has 0 aliphatic carbocycles. The summed E-state index contributed by atoms with van der Waals surface area (Å²) in [5.41, 5.74) is 1.47. The quantitative estimate of drug-likeness (QED) is 0.735. The van der Waals surface area contributed by atoms with Gasteiger partial charge in [-0.1, -0.05) is 27.7 Å². The van der Waals surface area contributed by atoms with Crippen molar-refractivity contribution in [3.63, 3.8) is 0 Å². The Morgan fingerprint density at radius 2 is 1.63 bits per heavy atom.